The van der Waals surface area contributed by atoms with Gasteiger partial charge in [0.05, 0.1) is 12.4 Å². The second kappa shape index (κ2) is 7.32. The average molecular weight is 319 g/mol. The van der Waals surface area contributed by atoms with Crippen molar-refractivity contribution < 1.29 is 4.79 Å². The van der Waals surface area contributed by atoms with Crippen LogP contribution in [0.3, 0.4) is 0 Å². The van der Waals surface area contributed by atoms with E-state index in [1.54, 1.807) is 18.6 Å². The lowest BCUT2D eigenvalue weighted by atomic mass is 10.2. The van der Waals surface area contributed by atoms with Gasteiger partial charge < -0.3 is 10.6 Å². The molecular weight excluding hydrogens is 302 g/mol. The number of carbonyl (C=O) groups excluding carboxylic acids is 1. The van der Waals surface area contributed by atoms with E-state index in [-0.39, 0.29) is 11.6 Å². The van der Waals surface area contributed by atoms with Crippen molar-refractivity contribution in [3.63, 3.8) is 0 Å². The van der Waals surface area contributed by atoms with Gasteiger partial charge in [0, 0.05) is 24.6 Å². The molecule has 2 N–H and O–H groups in total. The SMILES string of the molecule is Cc1cccc(NC(=O)c2cnc(NCc3ccncc3)cn2)c1. The molecule has 0 aliphatic rings. The summed E-state index contributed by atoms with van der Waals surface area (Å²) in [7, 11) is 0. The normalized spacial score (nSPS) is 10.2. The molecular formula is C18H17N5O. The van der Waals surface area contributed by atoms with Crippen LogP contribution >= 0.6 is 0 Å². The van der Waals surface area contributed by atoms with E-state index in [9.17, 15) is 4.79 Å². The number of nitrogens with zero attached hydrogens (tertiary/aromatic N) is 3. The van der Waals surface area contributed by atoms with Crippen molar-refractivity contribution in [2.24, 2.45) is 0 Å². The highest BCUT2D eigenvalue weighted by atomic mass is 16.1. The Kier molecular flexibility index (Phi) is 4.76. The molecule has 2 aromatic heterocycles. The average Bonchev–Trinajstić information content (AvgIpc) is 2.61. The van der Waals surface area contributed by atoms with Crippen LogP contribution in [0.1, 0.15) is 21.6 Å². The van der Waals surface area contributed by atoms with E-state index in [0.717, 1.165) is 16.8 Å². The molecule has 6 heteroatoms. The van der Waals surface area contributed by atoms with Crippen molar-refractivity contribution in [3.05, 3.63) is 78.0 Å². The zero-order chi connectivity index (χ0) is 16.8. The van der Waals surface area contributed by atoms with Crippen LogP contribution in [-0.2, 0) is 6.54 Å². The minimum atomic E-state index is -0.284. The smallest absolute Gasteiger partial charge is 0.275 e. The van der Waals surface area contributed by atoms with Crippen LogP contribution in [0.4, 0.5) is 11.5 Å². The lowest BCUT2D eigenvalue weighted by Crippen LogP contribution is -2.14. The molecule has 0 bridgehead atoms. The first-order chi connectivity index (χ1) is 11.7. The fourth-order valence-electron chi connectivity index (χ4n) is 2.15. The predicted octanol–water partition coefficient (Wildman–Crippen LogP) is 3.04. The molecule has 0 aliphatic heterocycles. The first-order valence-corrected chi connectivity index (χ1v) is 7.53. The summed E-state index contributed by atoms with van der Waals surface area (Å²) in [5.74, 6) is 0.327. The number of hydrogen-bond donors (Lipinski definition) is 2. The molecule has 0 spiro atoms. The van der Waals surface area contributed by atoms with Gasteiger partial charge in [-0.25, -0.2) is 9.97 Å². The van der Waals surface area contributed by atoms with E-state index in [1.165, 1.54) is 6.20 Å². The molecule has 2 heterocycles. The molecule has 0 atom stereocenters. The summed E-state index contributed by atoms with van der Waals surface area (Å²) in [5.41, 5.74) is 3.18. The lowest BCUT2D eigenvalue weighted by Gasteiger charge is -2.07. The second-order valence-corrected chi connectivity index (χ2v) is 5.32. The Morgan fingerprint density at radius 3 is 2.62 bits per heavy atom. The van der Waals surface area contributed by atoms with Crippen LogP contribution in [0.15, 0.2) is 61.2 Å². The third kappa shape index (κ3) is 4.13. The Morgan fingerprint density at radius 2 is 1.92 bits per heavy atom. The van der Waals surface area contributed by atoms with Crippen LogP contribution in [0.25, 0.3) is 0 Å². The minimum absolute atomic E-state index is 0.269. The van der Waals surface area contributed by atoms with Crippen molar-refractivity contribution in [2.75, 3.05) is 10.6 Å². The molecule has 0 saturated carbocycles. The van der Waals surface area contributed by atoms with Crippen LogP contribution in [0.2, 0.25) is 0 Å². The van der Waals surface area contributed by atoms with Crippen LogP contribution < -0.4 is 10.6 Å². The Balaban J connectivity index is 1.60. The first kappa shape index (κ1) is 15.6. The van der Waals surface area contributed by atoms with Gasteiger partial charge in [-0.3, -0.25) is 9.78 Å². The number of hydrogen-bond acceptors (Lipinski definition) is 5. The van der Waals surface area contributed by atoms with Gasteiger partial charge in [-0.2, -0.15) is 0 Å². The number of pyridine rings is 1. The number of carbonyl (C=O) groups is 1. The van der Waals surface area contributed by atoms with Crippen molar-refractivity contribution in [1.29, 1.82) is 0 Å². The lowest BCUT2D eigenvalue weighted by molar-refractivity contribution is 0.102. The van der Waals surface area contributed by atoms with Gasteiger partial charge in [0.1, 0.15) is 11.5 Å². The molecule has 6 nitrogen and oxygen atoms in total. The van der Waals surface area contributed by atoms with E-state index in [4.69, 9.17) is 0 Å². The first-order valence-electron chi connectivity index (χ1n) is 7.53. The summed E-state index contributed by atoms with van der Waals surface area (Å²) in [5, 5.41) is 5.96. The Labute approximate surface area is 140 Å². The molecule has 3 rings (SSSR count). The monoisotopic (exact) mass is 319 g/mol. The van der Waals surface area contributed by atoms with Gasteiger partial charge in [0.25, 0.3) is 5.91 Å². The summed E-state index contributed by atoms with van der Waals surface area (Å²) in [6.07, 6.45) is 6.48. The molecule has 1 amide bonds. The maximum Gasteiger partial charge on any atom is 0.275 e. The zero-order valence-corrected chi connectivity index (χ0v) is 13.2. The summed E-state index contributed by atoms with van der Waals surface area (Å²) in [6, 6.07) is 11.4. The van der Waals surface area contributed by atoms with E-state index in [1.807, 2.05) is 43.3 Å². The summed E-state index contributed by atoms with van der Waals surface area (Å²) in [6.45, 7) is 2.59. The highest BCUT2D eigenvalue weighted by Crippen LogP contribution is 2.11. The van der Waals surface area contributed by atoms with Crippen molar-refractivity contribution in [3.8, 4) is 0 Å². The molecule has 0 fully saturated rings. The molecule has 3 aromatic rings. The topological polar surface area (TPSA) is 79.8 Å². The van der Waals surface area contributed by atoms with E-state index < -0.39 is 0 Å². The van der Waals surface area contributed by atoms with E-state index in [0.29, 0.717) is 12.4 Å². The molecule has 0 radical (unpaired) electrons. The Bertz CT molecular complexity index is 818. The van der Waals surface area contributed by atoms with Crippen molar-refractivity contribution in [1.82, 2.24) is 15.0 Å². The summed E-state index contributed by atoms with van der Waals surface area (Å²) < 4.78 is 0. The minimum Gasteiger partial charge on any atom is -0.365 e. The van der Waals surface area contributed by atoms with Crippen molar-refractivity contribution in [2.45, 2.75) is 13.5 Å². The molecule has 24 heavy (non-hydrogen) atoms. The largest absolute Gasteiger partial charge is 0.365 e. The maximum atomic E-state index is 12.2. The standard InChI is InChI=1S/C18H17N5O/c1-13-3-2-4-15(9-13)23-18(24)16-11-22-17(12-20-16)21-10-14-5-7-19-8-6-14/h2-9,11-12H,10H2,1H3,(H,21,22)(H,23,24). The van der Waals surface area contributed by atoms with E-state index >= 15 is 0 Å². The van der Waals surface area contributed by atoms with Gasteiger partial charge in [-0.05, 0) is 42.3 Å². The van der Waals surface area contributed by atoms with Gasteiger partial charge in [-0.15, -0.1) is 0 Å². The molecule has 0 unspecified atom stereocenters. The Morgan fingerprint density at radius 1 is 1.08 bits per heavy atom. The van der Waals surface area contributed by atoms with Gasteiger partial charge in [0.2, 0.25) is 0 Å². The number of aromatic nitrogens is 3. The summed E-state index contributed by atoms with van der Waals surface area (Å²) >= 11 is 0. The number of aryl methyl sites for hydroxylation is 1. The molecule has 0 saturated heterocycles. The highest BCUT2D eigenvalue weighted by Gasteiger charge is 2.08. The van der Waals surface area contributed by atoms with Crippen LogP contribution in [0, 0.1) is 6.92 Å². The van der Waals surface area contributed by atoms with Gasteiger partial charge >= 0.3 is 0 Å². The fourth-order valence-corrected chi connectivity index (χ4v) is 2.15. The maximum absolute atomic E-state index is 12.2. The quantitative estimate of drug-likeness (QED) is 0.755. The molecule has 1 aromatic carbocycles. The molecule has 120 valence electrons. The van der Waals surface area contributed by atoms with Gasteiger partial charge in [-0.1, -0.05) is 12.1 Å². The number of benzene rings is 1. The number of nitrogens with one attached hydrogen (secondary N) is 2. The highest BCUT2D eigenvalue weighted by molar-refractivity contribution is 6.02. The Hall–Kier alpha value is -3.28. The van der Waals surface area contributed by atoms with Crippen molar-refractivity contribution >= 4 is 17.4 Å². The van der Waals surface area contributed by atoms with Gasteiger partial charge in [0.15, 0.2) is 0 Å². The summed E-state index contributed by atoms with van der Waals surface area (Å²) in [4.78, 5) is 24.5. The molecule has 0 aliphatic carbocycles. The van der Waals surface area contributed by atoms with E-state index in [2.05, 4.69) is 25.6 Å². The number of amides is 1. The van der Waals surface area contributed by atoms with Crippen LogP contribution in [-0.4, -0.2) is 20.9 Å². The third-order valence-corrected chi connectivity index (χ3v) is 3.38. The zero-order valence-electron chi connectivity index (χ0n) is 13.2. The predicted molar refractivity (Wildman–Crippen MR) is 92.7 cm³/mol. The third-order valence-electron chi connectivity index (χ3n) is 3.38. The fraction of sp³-hybridized carbons (Fsp3) is 0.111. The van der Waals surface area contributed by atoms with Crippen LogP contribution in [0.5, 0.6) is 0 Å². The number of rotatable bonds is 5. The number of anilines is 2. The second-order valence-electron chi connectivity index (χ2n) is 5.32.